The lowest BCUT2D eigenvalue weighted by atomic mass is 10.1. The van der Waals surface area contributed by atoms with E-state index in [-0.39, 0.29) is 30.7 Å². The van der Waals surface area contributed by atoms with Gasteiger partial charge in [-0.3, -0.25) is 14.9 Å². The molecule has 114 valence electrons. The molecular weight excluding hydrogens is 280 g/mol. The van der Waals surface area contributed by atoms with E-state index >= 15 is 0 Å². The fourth-order valence-corrected chi connectivity index (χ4v) is 1.75. The van der Waals surface area contributed by atoms with Gasteiger partial charge in [0.1, 0.15) is 6.04 Å². The summed E-state index contributed by atoms with van der Waals surface area (Å²) in [6, 6.07) is 4.75. The van der Waals surface area contributed by atoms with Crippen LogP contribution >= 0.6 is 0 Å². The Morgan fingerprint density at radius 1 is 1.43 bits per heavy atom. The summed E-state index contributed by atoms with van der Waals surface area (Å²) >= 11 is 0. The lowest BCUT2D eigenvalue weighted by molar-refractivity contribution is -0.385. The molecule has 8 heteroatoms. The Labute approximate surface area is 120 Å². The number of carbonyl (C=O) groups excluding carboxylic acids is 1. The topological polar surface area (TPSA) is 119 Å². The zero-order chi connectivity index (χ0) is 15.8. The monoisotopic (exact) mass is 296 g/mol. The zero-order valence-electron chi connectivity index (χ0n) is 11.4. The number of nitro benzene ring substituents is 1. The summed E-state index contributed by atoms with van der Waals surface area (Å²) < 4.78 is 4.77. The third-order valence-electron chi connectivity index (χ3n) is 2.78. The molecule has 1 aromatic carbocycles. The van der Waals surface area contributed by atoms with Crippen molar-refractivity contribution in [2.45, 2.75) is 18.9 Å². The zero-order valence-corrected chi connectivity index (χ0v) is 11.4. The highest BCUT2D eigenvalue weighted by atomic mass is 16.6. The van der Waals surface area contributed by atoms with E-state index in [1.165, 1.54) is 25.3 Å². The third-order valence-corrected chi connectivity index (χ3v) is 2.78. The Morgan fingerprint density at radius 3 is 2.67 bits per heavy atom. The molecule has 0 aliphatic heterocycles. The van der Waals surface area contributed by atoms with E-state index in [1.807, 2.05) is 0 Å². The van der Waals surface area contributed by atoms with Crippen molar-refractivity contribution in [2.24, 2.45) is 0 Å². The van der Waals surface area contributed by atoms with Gasteiger partial charge in [0, 0.05) is 31.8 Å². The maximum atomic E-state index is 11.8. The van der Waals surface area contributed by atoms with Gasteiger partial charge in [0.25, 0.3) is 5.69 Å². The second kappa shape index (κ2) is 7.95. The Bertz CT molecular complexity index is 531. The van der Waals surface area contributed by atoms with Crippen LogP contribution in [0.4, 0.5) is 5.69 Å². The molecule has 2 N–H and O–H groups in total. The van der Waals surface area contributed by atoms with E-state index in [4.69, 9.17) is 9.84 Å². The Balaban J connectivity index is 2.72. The minimum absolute atomic E-state index is 0.120. The van der Waals surface area contributed by atoms with Crippen LogP contribution in [0.15, 0.2) is 24.3 Å². The second-order valence-corrected chi connectivity index (χ2v) is 4.30. The normalized spacial score (nSPS) is 11.7. The quantitative estimate of drug-likeness (QED) is 0.539. The van der Waals surface area contributed by atoms with Crippen LogP contribution in [0, 0.1) is 10.1 Å². The molecule has 0 aliphatic carbocycles. The predicted octanol–water partition coefficient (Wildman–Crippen LogP) is 0.743. The molecule has 0 bridgehead atoms. The van der Waals surface area contributed by atoms with E-state index in [9.17, 15) is 19.7 Å². The van der Waals surface area contributed by atoms with Crippen LogP contribution in [-0.2, 0) is 20.7 Å². The molecule has 1 rings (SSSR count). The number of aliphatic carboxylic acids is 1. The highest BCUT2D eigenvalue weighted by Gasteiger charge is 2.21. The van der Waals surface area contributed by atoms with E-state index in [2.05, 4.69) is 5.32 Å². The minimum Gasteiger partial charge on any atom is -0.480 e. The minimum atomic E-state index is -1.18. The summed E-state index contributed by atoms with van der Waals surface area (Å²) in [6.45, 7) is 0.183. The number of carboxylic acids is 1. The van der Waals surface area contributed by atoms with Crippen molar-refractivity contribution in [3.63, 3.8) is 0 Å². The van der Waals surface area contributed by atoms with Crippen LogP contribution in [0.1, 0.15) is 12.0 Å². The molecule has 0 fully saturated rings. The summed E-state index contributed by atoms with van der Waals surface area (Å²) in [6.07, 6.45) is -0.137. The standard InChI is InChI=1S/C13H16N2O6/c1-21-7-6-10(13(17)18)14-12(16)8-9-4-2-3-5-11(9)15(19)20/h2-5,10H,6-8H2,1H3,(H,14,16)(H,17,18). The summed E-state index contributed by atoms with van der Waals surface area (Å²) in [4.78, 5) is 33.1. The van der Waals surface area contributed by atoms with Gasteiger partial charge in [0.15, 0.2) is 0 Å². The maximum Gasteiger partial charge on any atom is 0.326 e. The highest BCUT2D eigenvalue weighted by molar-refractivity contribution is 5.85. The Hall–Kier alpha value is -2.48. The first kappa shape index (κ1) is 16.6. The number of para-hydroxylation sites is 1. The number of hydrogen-bond donors (Lipinski definition) is 2. The van der Waals surface area contributed by atoms with Crippen molar-refractivity contribution in [1.82, 2.24) is 5.32 Å². The highest BCUT2D eigenvalue weighted by Crippen LogP contribution is 2.18. The average Bonchev–Trinajstić information content (AvgIpc) is 2.43. The van der Waals surface area contributed by atoms with Gasteiger partial charge in [-0.05, 0) is 0 Å². The Morgan fingerprint density at radius 2 is 2.10 bits per heavy atom. The van der Waals surface area contributed by atoms with Crippen molar-refractivity contribution >= 4 is 17.6 Å². The number of carbonyl (C=O) groups is 2. The number of methoxy groups -OCH3 is 1. The SMILES string of the molecule is COCCC(NC(=O)Cc1ccccc1[N+](=O)[O-])C(=O)O. The number of carboxylic acid groups (broad SMARTS) is 1. The molecule has 0 saturated carbocycles. The first-order valence-electron chi connectivity index (χ1n) is 6.19. The number of amides is 1. The first-order chi connectivity index (χ1) is 9.95. The van der Waals surface area contributed by atoms with E-state index in [1.54, 1.807) is 6.07 Å². The number of nitrogens with zero attached hydrogens (tertiary/aromatic N) is 1. The van der Waals surface area contributed by atoms with Crippen LogP contribution in [0.5, 0.6) is 0 Å². The summed E-state index contributed by atoms with van der Waals surface area (Å²) in [5.74, 6) is -1.77. The molecule has 8 nitrogen and oxygen atoms in total. The molecule has 0 radical (unpaired) electrons. The van der Waals surface area contributed by atoms with Crippen molar-refractivity contribution in [2.75, 3.05) is 13.7 Å². The maximum absolute atomic E-state index is 11.8. The van der Waals surface area contributed by atoms with Crippen LogP contribution in [-0.4, -0.2) is 41.7 Å². The van der Waals surface area contributed by atoms with E-state index in [0.717, 1.165) is 0 Å². The summed E-state index contributed by atoms with van der Waals surface area (Å²) in [7, 11) is 1.42. The van der Waals surface area contributed by atoms with Crippen LogP contribution in [0.3, 0.4) is 0 Å². The lowest BCUT2D eigenvalue weighted by Crippen LogP contribution is -2.42. The summed E-state index contributed by atoms with van der Waals surface area (Å²) in [5.41, 5.74) is 0.0623. The fourth-order valence-electron chi connectivity index (χ4n) is 1.75. The van der Waals surface area contributed by atoms with Gasteiger partial charge in [-0.1, -0.05) is 18.2 Å². The van der Waals surface area contributed by atoms with Gasteiger partial charge >= 0.3 is 5.97 Å². The van der Waals surface area contributed by atoms with Gasteiger partial charge in [-0.25, -0.2) is 4.79 Å². The number of hydrogen-bond acceptors (Lipinski definition) is 5. The molecule has 1 amide bonds. The predicted molar refractivity (Wildman–Crippen MR) is 72.9 cm³/mol. The van der Waals surface area contributed by atoms with Crippen molar-refractivity contribution in [3.05, 3.63) is 39.9 Å². The first-order valence-corrected chi connectivity index (χ1v) is 6.19. The Kier molecular flexibility index (Phi) is 6.28. The average molecular weight is 296 g/mol. The van der Waals surface area contributed by atoms with Gasteiger partial charge in [-0.2, -0.15) is 0 Å². The molecular formula is C13H16N2O6. The van der Waals surface area contributed by atoms with E-state index < -0.39 is 22.8 Å². The van der Waals surface area contributed by atoms with Crippen LogP contribution in [0.25, 0.3) is 0 Å². The van der Waals surface area contributed by atoms with Gasteiger partial charge in [0.2, 0.25) is 5.91 Å². The van der Waals surface area contributed by atoms with Crippen molar-refractivity contribution < 1.29 is 24.4 Å². The molecule has 0 heterocycles. The molecule has 1 unspecified atom stereocenters. The van der Waals surface area contributed by atoms with E-state index in [0.29, 0.717) is 0 Å². The molecule has 0 spiro atoms. The lowest BCUT2D eigenvalue weighted by Gasteiger charge is -2.14. The van der Waals surface area contributed by atoms with Gasteiger partial charge < -0.3 is 15.2 Å². The summed E-state index contributed by atoms with van der Waals surface area (Å²) in [5, 5.41) is 22.1. The van der Waals surface area contributed by atoms with Crippen LogP contribution in [0.2, 0.25) is 0 Å². The number of ether oxygens (including phenoxy) is 1. The second-order valence-electron chi connectivity index (χ2n) is 4.30. The molecule has 1 aromatic rings. The van der Waals surface area contributed by atoms with Gasteiger partial charge in [0.05, 0.1) is 11.3 Å². The van der Waals surface area contributed by atoms with Gasteiger partial charge in [-0.15, -0.1) is 0 Å². The molecule has 0 saturated heterocycles. The van der Waals surface area contributed by atoms with Crippen LogP contribution < -0.4 is 5.32 Å². The number of benzene rings is 1. The smallest absolute Gasteiger partial charge is 0.326 e. The van der Waals surface area contributed by atoms with Crippen molar-refractivity contribution in [1.29, 1.82) is 0 Å². The van der Waals surface area contributed by atoms with Crippen molar-refractivity contribution in [3.8, 4) is 0 Å². The molecule has 21 heavy (non-hydrogen) atoms. The number of nitrogens with one attached hydrogen (secondary N) is 1. The number of nitro groups is 1. The third kappa shape index (κ3) is 5.19. The molecule has 0 aliphatic rings. The fraction of sp³-hybridized carbons (Fsp3) is 0.385. The largest absolute Gasteiger partial charge is 0.480 e. The number of rotatable bonds is 8. The molecule has 1 atom stereocenters. The molecule has 0 aromatic heterocycles.